The highest BCUT2D eigenvalue weighted by molar-refractivity contribution is 7.92. The number of nitrogens with one attached hydrogen (secondary N) is 2. The lowest BCUT2D eigenvalue weighted by Gasteiger charge is -2.12. The first kappa shape index (κ1) is 21.8. The van der Waals surface area contributed by atoms with E-state index in [4.69, 9.17) is 9.47 Å². The topological polar surface area (TPSA) is 106 Å². The molecule has 160 valence electrons. The number of sulfonamides is 1. The molecule has 0 spiro atoms. The lowest BCUT2D eigenvalue weighted by Crippen LogP contribution is -2.19. The van der Waals surface area contributed by atoms with Gasteiger partial charge in [-0.3, -0.25) is 9.52 Å². The molecule has 0 radical (unpaired) electrons. The molecule has 0 aliphatic rings. The summed E-state index contributed by atoms with van der Waals surface area (Å²) in [6, 6.07) is 19.4. The first-order chi connectivity index (χ1) is 14.9. The Hall–Kier alpha value is -3.85. The number of benzene rings is 3. The molecule has 0 bridgehead atoms. The van der Waals surface area contributed by atoms with Gasteiger partial charge in [-0.05, 0) is 60.2 Å². The number of anilines is 1. The highest BCUT2D eigenvalue weighted by Gasteiger charge is 2.18. The molecule has 1 amide bonds. The average Bonchev–Trinajstić information content (AvgIpc) is 2.79. The number of nitrogens with zero attached hydrogens (tertiary/aromatic N) is 1. The zero-order chi connectivity index (χ0) is 22.3. The van der Waals surface area contributed by atoms with Crippen LogP contribution in [0.1, 0.15) is 15.9 Å². The Morgan fingerprint density at radius 3 is 2.39 bits per heavy atom. The van der Waals surface area contributed by atoms with Crippen molar-refractivity contribution in [1.29, 1.82) is 0 Å². The second kappa shape index (κ2) is 9.77. The summed E-state index contributed by atoms with van der Waals surface area (Å²) in [7, 11) is -0.910. The van der Waals surface area contributed by atoms with Gasteiger partial charge in [0.2, 0.25) is 0 Å². The van der Waals surface area contributed by atoms with E-state index in [-0.39, 0.29) is 10.5 Å². The summed E-state index contributed by atoms with van der Waals surface area (Å²) >= 11 is 0. The fraction of sp³-hybridized carbons (Fsp3) is 0.0909. The normalized spacial score (nSPS) is 11.2. The number of hydrogen-bond donors (Lipinski definition) is 2. The predicted molar refractivity (Wildman–Crippen MR) is 118 cm³/mol. The third-order valence-corrected chi connectivity index (χ3v) is 5.62. The number of carbonyl (C=O) groups excluding carboxylic acids is 1. The third kappa shape index (κ3) is 5.61. The molecule has 3 rings (SSSR count). The Labute approximate surface area is 180 Å². The maximum Gasteiger partial charge on any atom is 0.271 e. The van der Waals surface area contributed by atoms with E-state index in [2.05, 4.69) is 15.2 Å². The monoisotopic (exact) mass is 439 g/mol. The molecule has 0 aliphatic heterocycles. The van der Waals surface area contributed by atoms with Gasteiger partial charge in [0.05, 0.1) is 31.0 Å². The predicted octanol–water partition coefficient (Wildman–Crippen LogP) is 3.27. The van der Waals surface area contributed by atoms with E-state index < -0.39 is 15.9 Å². The van der Waals surface area contributed by atoms with Crippen LogP contribution in [0.5, 0.6) is 11.5 Å². The van der Waals surface area contributed by atoms with Crippen LogP contribution in [0.2, 0.25) is 0 Å². The van der Waals surface area contributed by atoms with Gasteiger partial charge in [0.15, 0.2) is 0 Å². The van der Waals surface area contributed by atoms with Crippen LogP contribution in [0.4, 0.5) is 5.69 Å². The molecule has 0 fully saturated rings. The van der Waals surface area contributed by atoms with Gasteiger partial charge in [-0.25, -0.2) is 13.8 Å². The van der Waals surface area contributed by atoms with Crippen molar-refractivity contribution in [3.05, 3.63) is 83.9 Å². The number of methoxy groups -OCH3 is 2. The van der Waals surface area contributed by atoms with Crippen molar-refractivity contribution in [3.8, 4) is 11.5 Å². The Morgan fingerprint density at radius 2 is 1.68 bits per heavy atom. The molecule has 0 saturated carbocycles. The molecule has 9 heteroatoms. The van der Waals surface area contributed by atoms with E-state index >= 15 is 0 Å². The van der Waals surface area contributed by atoms with Crippen LogP contribution in [-0.2, 0) is 10.0 Å². The highest BCUT2D eigenvalue weighted by atomic mass is 32.2. The first-order valence-corrected chi connectivity index (χ1v) is 10.6. The SMILES string of the molecule is COc1ccc(C=NNC(=O)c2cccc(S(=O)(=O)Nc3ccccc3OC)c2)cc1. The van der Waals surface area contributed by atoms with Crippen LogP contribution in [0.25, 0.3) is 0 Å². The molecule has 0 aliphatic carbocycles. The fourth-order valence-corrected chi connectivity index (χ4v) is 3.77. The minimum absolute atomic E-state index is 0.0646. The Morgan fingerprint density at radius 1 is 0.935 bits per heavy atom. The van der Waals surface area contributed by atoms with Crippen molar-refractivity contribution in [3.63, 3.8) is 0 Å². The van der Waals surface area contributed by atoms with E-state index in [0.717, 1.165) is 5.56 Å². The summed E-state index contributed by atoms with van der Waals surface area (Å²) in [6.07, 6.45) is 1.47. The number of ether oxygens (including phenoxy) is 2. The van der Waals surface area contributed by atoms with E-state index in [1.807, 2.05) is 0 Å². The summed E-state index contributed by atoms with van der Waals surface area (Å²) in [4.78, 5) is 12.3. The highest BCUT2D eigenvalue weighted by Crippen LogP contribution is 2.26. The lowest BCUT2D eigenvalue weighted by atomic mass is 10.2. The Kier molecular flexibility index (Phi) is 6.88. The number of amides is 1. The number of hydrazone groups is 1. The summed E-state index contributed by atoms with van der Waals surface area (Å²) in [5.41, 5.74) is 3.59. The van der Waals surface area contributed by atoms with Gasteiger partial charge in [-0.2, -0.15) is 5.10 Å². The molecule has 0 saturated heterocycles. The number of para-hydroxylation sites is 2. The van der Waals surface area contributed by atoms with Crippen LogP contribution in [0.15, 0.2) is 82.8 Å². The van der Waals surface area contributed by atoms with Crippen molar-refractivity contribution in [2.75, 3.05) is 18.9 Å². The second-order valence-electron chi connectivity index (χ2n) is 6.31. The van der Waals surface area contributed by atoms with E-state index in [9.17, 15) is 13.2 Å². The number of hydrogen-bond acceptors (Lipinski definition) is 6. The van der Waals surface area contributed by atoms with E-state index in [1.165, 1.54) is 37.6 Å². The van der Waals surface area contributed by atoms with Crippen molar-refractivity contribution in [2.45, 2.75) is 4.90 Å². The Balaban J connectivity index is 1.72. The third-order valence-electron chi connectivity index (χ3n) is 4.25. The maximum atomic E-state index is 12.8. The molecule has 31 heavy (non-hydrogen) atoms. The summed E-state index contributed by atoms with van der Waals surface area (Å²) in [5.74, 6) is 0.549. The van der Waals surface area contributed by atoms with Crippen LogP contribution >= 0.6 is 0 Å². The Bertz CT molecular complexity index is 1190. The molecule has 0 heterocycles. The molecule has 0 unspecified atom stereocenters. The zero-order valence-electron chi connectivity index (χ0n) is 16.9. The molecule has 0 atom stereocenters. The van der Waals surface area contributed by atoms with Gasteiger partial charge < -0.3 is 9.47 Å². The fourth-order valence-electron chi connectivity index (χ4n) is 2.66. The van der Waals surface area contributed by atoms with Crippen molar-refractivity contribution < 1.29 is 22.7 Å². The van der Waals surface area contributed by atoms with Gasteiger partial charge in [-0.1, -0.05) is 18.2 Å². The van der Waals surface area contributed by atoms with Gasteiger partial charge in [-0.15, -0.1) is 0 Å². The van der Waals surface area contributed by atoms with Crippen LogP contribution in [0, 0.1) is 0 Å². The molecule has 2 N–H and O–H groups in total. The summed E-state index contributed by atoms with van der Waals surface area (Å²) < 4.78 is 38.2. The van der Waals surface area contributed by atoms with Crippen LogP contribution in [-0.4, -0.2) is 34.8 Å². The largest absolute Gasteiger partial charge is 0.497 e. The first-order valence-electron chi connectivity index (χ1n) is 9.16. The molecule has 3 aromatic rings. The van der Waals surface area contributed by atoms with Crippen molar-refractivity contribution in [2.24, 2.45) is 5.10 Å². The second-order valence-corrected chi connectivity index (χ2v) is 7.99. The van der Waals surface area contributed by atoms with Gasteiger partial charge >= 0.3 is 0 Å². The standard InChI is InChI=1S/C22H21N3O5S/c1-29-18-12-10-16(11-13-18)15-23-24-22(26)17-6-5-7-19(14-17)31(27,28)25-20-8-3-4-9-21(20)30-2/h3-15,25H,1-2H3,(H,24,26). The molecule has 0 aromatic heterocycles. The minimum atomic E-state index is -3.93. The minimum Gasteiger partial charge on any atom is -0.497 e. The van der Waals surface area contributed by atoms with Gasteiger partial charge in [0, 0.05) is 5.56 Å². The van der Waals surface area contributed by atoms with Crippen LogP contribution in [0.3, 0.4) is 0 Å². The van der Waals surface area contributed by atoms with Crippen molar-refractivity contribution in [1.82, 2.24) is 5.43 Å². The van der Waals surface area contributed by atoms with Gasteiger partial charge in [0.25, 0.3) is 15.9 Å². The van der Waals surface area contributed by atoms with E-state index in [0.29, 0.717) is 17.2 Å². The quantitative estimate of drug-likeness (QED) is 0.414. The zero-order valence-corrected chi connectivity index (χ0v) is 17.7. The summed E-state index contributed by atoms with van der Waals surface area (Å²) in [5, 5.41) is 3.91. The van der Waals surface area contributed by atoms with Crippen molar-refractivity contribution >= 4 is 27.8 Å². The molecule has 3 aromatic carbocycles. The smallest absolute Gasteiger partial charge is 0.271 e. The van der Waals surface area contributed by atoms with E-state index in [1.54, 1.807) is 55.6 Å². The van der Waals surface area contributed by atoms with Crippen LogP contribution < -0.4 is 19.6 Å². The number of rotatable bonds is 8. The average molecular weight is 439 g/mol. The van der Waals surface area contributed by atoms with Gasteiger partial charge in [0.1, 0.15) is 11.5 Å². The summed E-state index contributed by atoms with van der Waals surface area (Å²) in [6.45, 7) is 0. The molecular formula is C22H21N3O5S. The lowest BCUT2D eigenvalue weighted by molar-refractivity contribution is 0.0955. The molecular weight excluding hydrogens is 418 g/mol. The maximum absolute atomic E-state index is 12.8. The number of carbonyl (C=O) groups is 1. The molecule has 8 nitrogen and oxygen atoms in total.